The van der Waals surface area contributed by atoms with Crippen LogP contribution in [-0.4, -0.2) is 32.9 Å². The molecule has 0 radical (unpaired) electrons. The number of allylic oxidation sites excluding steroid dienone is 1. The number of nitrogens with one attached hydrogen (secondary N) is 1. The number of para-hydroxylation sites is 2. The zero-order valence-corrected chi connectivity index (χ0v) is 15.4. The van der Waals surface area contributed by atoms with Gasteiger partial charge in [-0.2, -0.15) is 0 Å². The van der Waals surface area contributed by atoms with Gasteiger partial charge in [0.05, 0.1) is 17.1 Å². The van der Waals surface area contributed by atoms with Crippen LogP contribution in [0.5, 0.6) is 0 Å². The second-order valence-corrected chi connectivity index (χ2v) is 7.12. The van der Waals surface area contributed by atoms with E-state index in [9.17, 15) is 9.90 Å². The fourth-order valence-corrected chi connectivity index (χ4v) is 3.97. The van der Waals surface area contributed by atoms with Crippen molar-refractivity contribution in [2.75, 3.05) is 16.8 Å². The molecule has 4 rings (SSSR count). The second-order valence-electron chi connectivity index (χ2n) is 7.12. The summed E-state index contributed by atoms with van der Waals surface area (Å²) < 4.78 is 1.82. The number of fused-ring (bicyclic) bond motifs is 2. The van der Waals surface area contributed by atoms with Gasteiger partial charge in [-0.25, -0.2) is 0 Å². The molecule has 1 aromatic heterocycles. The minimum absolute atomic E-state index is 0.171. The molecule has 2 aliphatic heterocycles. The van der Waals surface area contributed by atoms with Gasteiger partial charge >= 0.3 is 0 Å². The van der Waals surface area contributed by atoms with E-state index in [0.29, 0.717) is 11.4 Å². The van der Waals surface area contributed by atoms with Crippen LogP contribution in [0.1, 0.15) is 35.8 Å². The van der Waals surface area contributed by atoms with Crippen LogP contribution >= 0.6 is 0 Å². The second kappa shape index (κ2) is 5.92. The Kier molecular flexibility index (Phi) is 3.80. The van der Waals surface area contributed by atoms with Crippen LogP contribution in [0.15, 0.2) is 42.7 Å². The summed E-state index contributed by atoms with van der Waals surface area (Å²) in [6.45, 7) is 4.51. The lowest BCUT2D eigenvalue weighted by molar-refractivity contribution is -0.0624. The first kappa shape index (κ1) is 16.7. The Bertz CT molecular complexity index is 897. The van der Waals surface area contributed by atoms with E-state index in [1.54, 1.807) is 6.92 Å². The van der Waals surface area contributed by atoms with Gasteiger partial charge in [0, 0.05) is 26.7 Å². The first-order chi connectivity index (χ1) is 12.4. The number of carbonyl (C=O) groups is 1. The normalized spacial score (nSPS) is 18.7. The predicted molar refractivity (Wildman–Crippen MR) is 102 cm³/mol. The van der Waals surface area contributed by atoms with Crippen molar-refractivity contribution in [3.05, 3.63) is 54.0 Å². The molecule has 136 valence electrons. The molecule has 2 aliphatic rings. The van der Waals surface area contributed by atoms with Crippen LogP contribution in [0.25, 0.3) is 0 Å². The molecule has 2 N–H and O–H groups in total. The lowest BCUT2D eigenvalue weighted by Crippen LogP contribution is -2.56. The highest BCUT2D eigenvalue weighted by atomic mass is 16.3. The molecule has 6 nitrogen and oxygen atoms in total. The van der Waals surface area contributed by atoms with Gasteiger partial charge in [-0.15, -0.1) is 0 Å². The topological polar surface area (TPSA) is 60.7 Å². The molecule has 0 saturated carbocycles. The third-order valence-electron chi connectivity index (χ3n) is 5.19. The van der Waals surface area contributed by atoms with E-state index < -0.39 is 5.85 Å². The number of rotatable bonds is 2. The largest absolute Gasteiger partial charge is 0.354 e. The first-order valence-corrected chi connectivity index (χ1v) is 8.93. The molecular formula is C20H24N4O2. The van der Waals surface area contributed by atoms with Gasteiger partial charge in [-0.1, -0.05) is 18.2 Å². The van der Waals surface area contributed by atoms with E-state index in [1.165, 1.54) is 0 Å². The van der Waals surface area contributed by atoms with Gasteiger partial charge in [0.25, 0.3) is 5.91 Å². The number of carbonyl (C=O) groups excluding carboxylic acids is 1. The van der Waals surface area contributed by atoms with Crippen molar-refractivity contribution in [2.45, 2.75) is 32.5 Å². The van der Waals surface area contributed by atoms with Crippen molar-refractivity contribution in [2.24, 2.45) is 7.05 Å². The number of amides is 1. The number of aromatic nitrogens is 1. The minimum Gasteiger partial charge on any atom is -0.354 e. The highest BCUT2D eigenvalue weighted by molar-refractivity contribution is 6.12. The maximum absolute atomic E-state index is 12.9. The van der Waals surface area contributed by atoms with E-state index in [4.69, 9.17) is 0 Å². The quantitative estimate of drug-likeness (QED) is 0.870. The van der Waals surface area contributed by atoms with Crippen molar-refractivity contribution in [3.8, 4) is 0 Å². The smallest absolute Gasteiger partial charge is 0.274 e. The standard InChI is InChI=1S/C20H24N4O2/c1-14-13-22(3)18-17(14)24(20(2,26)23-11-7-4-8-12-23)16-10-6-5-9-15(16)21-19(18)25/h5-7,9-11,13,26H,4,8,12H2,1-3H3,(H,21,25). The Hall–Kier alpha value is -2.73. The molecule has 3 heterocycles. The molecule has 0 bridgehead atoms. The maximum atomic E-state index is 12.9. The van der Waals surface area contributed by atoms with Gasteiger partial charge in [0.1, 0.15) is 5.69 Å². The summed E-state index contributed by atoms with van der Waals surface area (Å²) in [4.78, 5) is 16.7. The Balaban J connectivity index is 1.98. The number of nitrogens with zero attached hydrogens (tertiary/aromatic N) is 3. The van der Waals surface area contributed by atoms with Crippen molar-refractivity contribution in [3.63, 3.8) is 0 Å². The molecule has 0 spiro atoms. The molecule has 1 unspecified atom stereocenters. The highest BCUT2D eigenvalue weighted by Gasteiger charge is 2.42. The van der Waals surface area contributed by atoms with E-state index in [-0.39, 0.29) is 5.91 Å². The molecule has 0 fully saturated rings. The average Bonchev–Trinajstić information content (AvgIpc) is 2.83. The Morgan fingerprint density at radius 2 is 2.04 bits per heavy atom. The van der Waals surface area contributed by atoms with Crippen LogP contribution in [-0.2, 0) is 7.05 Å². The average molecular weight is 352 g/mol. The number of aliphatic hydroxyl groups is 1. The fourth-order valence-electron chi connectivity index (χ4n) is 3.97. The summed E-state index contributed by atoms with van der Waals surface area (Å²) in [5.74, 6) is -1.49. The monoisotopic (exact) mass is 352 g/mol. The summed E-state index contributed by atoms with van der Waals surface area (Å²) in [6, 6.07) is 7.60. The summed E-state index contributed by atoms with van der Waals surface area (Å²) in [5.41, 5.74) is 3.68. The lowest BCUT2D eigenvalue weighted by Gasteiger charge is -2.46. The van der Waals surface area contributed by atoms with Crippen molar-refractivity contribution in [1.82, 2.24) is 9.47 Å². The van der Waals surface area contributed by atoms with E-state index in [2.05, 4.69) is 11.4 Å². The van der Waals surface area contributed by atoms with Gasteiger partial charge in [0.15, 0.2) is 0 Å². The molecule has 2 aromatic rings. The van der Waals surface area contributed by atoms with Gasteiger partial charge < -0.3 is 19.9 Å². The number of hydrogen-bond donors (Lipinski definition) is 2. The van der Waals surface area contributed by atoms with E-state index >= 15 is 0 Å². The predicted octanol–water partition coefficient (Wildman–Crippen LogP) is 3.31. The first-order valence-electron chi connectivity index (χ1n) is 8.93. The van der Waals surface area contributed by atoms with Gasteiger partial charge in [0.2, 0.25) is 5.85 Å². The molecule has 1 amide bonds. The SMILES string of the molecule is Cc1cn(C)c2c1N(C(C)(O)N1C=CCCC1)c1ccccc1NC2=O. The zero-order chi connectivity index (χ0) is 18.5. The summed E-state index contributed by atoms with van der Waals surface area (Å²) in [5, 5.41) is 14.6. The fraction of sp³-hybridized carbons (Fsp3) is 0.350. The molecule has 26 heavy (non-hydrogen) atoms. The maximum Gasteiger partial charge on any atom is 0.274 e. The number of anilines is 3. The van der Waals surface area contributed by atoms with Crippen molar-refractivity contribution in [1.29, 1.82) is 0 Å². The third kappa shape index (κ3) is 2.41. The van der Waals surface area contributed by atoms with Crippen LogP contribution in [0.4, 0.5) is 17.1 Å². The summed E-state index contributed by atoms with van der Waals surface area (Å²) in [6.07, 6.45) is 7.94. The molecule has 6 heteroatoms. The van der Waals surface area contributed by atoms with Gasteiger partial charge in [-0.05, 0) is 43.7 Å². The zero-order valence-electron chi connectivity index (χ0n) is 15.4. The summed E-state index contributed by atoms with van der Waals surface area (Å²) >= 11 is 0. The van der Waals surface area contributed by atoms with Crippen molar-refractivity contribution < 1.29 is 9.90 Å². The van der Waals surface area contributed by atoms with Crippen molar-refractivity contribution >= 4 is 23.0 Å². The van der Waals surface area contributed by atoms with Crippen LogP contribution in [0.2, 0.25) is 0 Å². The van der Waals surface area contributed by atoms with E-state index in [0.717, 1.165) is 36.3 Å². The highest BCUT2D eigenvalue weighted by Crippen LogP contribution is 2.45. The van der Waals surface area contributed by atoms with Crippen LogP contribution in [0.3, 0.4) is 0 Å². The van der Waals surface area contributed by atoms with E-state index in [1.807, 2.05) is 65.0 Å². The Morgan fingerprint density at radius 3 is 2.77 bits per heavy atom. The lowest BCUT2D eigenvalue weighted by atomic mass is 10.1. The Labute approximate surface area is 153 Å². The minimum atomic E-state index is -1.32. The Morgan fingerprint density at radius 1 is 1.27 bits per heavy atom. The number of benzene rings is 1. The van der Waals surface area contributed by atoms with Crippen LogP contribution in [0, 0.1) is 6.92 Å². The molecule has 0 saturated heterocycles. The van der Waals surface area contributed by atoms with Gasteiger partial charge in [-0.3, -0.25) is 9.69 Å². The molecule has 1 aromatic carbocycles. The van der Waals surface area contributed by atoms with Crippen LogP contribution < -0.4 is 10.2 Å². The summed E-state index contributed by atoms with van der Waals surface area (Å²) in [7, 11) is 1.86. The molecule has 0 aliphatic carbocycles. The number of aryl methyl sites for hydroxylation is 2. The number of hydrogen-bond acceptors (Lipinski definition) is 4. The molecular weight excluding hydrogens is 328 g/mol. The molecule has 1 atom stereocenters. The third-order valence-corrected chi connectivity index (χ3v) is 5.19.